The summed E-state index contributed by atoms with van der Waals surface area (Å²) in [4.78, 5) is 19.7. The summed E-state index contributed by atoms with van der Waals surface area (Å²) in [7, 11) is 0. The minimum Gasteiger partial charge on any atom is -0.481 e. The molecule has 8 heteroatoms. The van der Waals surface area contributed by atoms with Gasteiger partial charge in [-0.15, -0.1) is 0 Å². The van der Waals surface area contributed by atoms with Crippen LogP contribution in [0.1, 0.15) is 17.9 Å². The molecule has 0 bridgehead atoms. The number of hydrogen-bond acceptors (Lipinski definition) is 4. The average Bonchev–Trinajstić information content (AvgIpc) is 2.76. The van der Waals surface area contributed by atoms with Crippen LogP contribution in [0.25, 0.3) is 0 Å². The molecular formula is C11H12F3N3O2. The minimum absolute atomic E-state index is 0.0172. The Hall–Kier alpha value is -1.86. The maximum absolute atomic E-state index is 12.6. The van der Waals surface area contributed by atoms with E-state index >= 15 is 0 Å². The van der Waals surface area contributed by atoms with Crippen LogP contribution in [-0.2, 0) is 11.0 Å². The lowest BCUT2D eigenvalue weighted by Crippen LogP contribution is -2.24. The maximum Gasteiger partial charge on any atom is 0.433 e. The van der Waals surface area contributed by atoms with Crippen LogP contribution in [0.5, 0.6) is 0 Å². The topological polar surface area (TPSA) is 66.3 Å². The Labute approximate surface area is 107 Å². The van der Waals surface area contributed by atoms with E-state index in [2.05, 4.69) is 9.97 Å². The third kappa shape index (κ3) is 2.94. The molecule has 2 heterocycles. The molecule has 1 fully saturated rings. The van der Waals surface area contributed by atoms with Crippen LogP contribution in [0.4, 0.5) is 19.0 Å². The van der Waals surface area contributed by atoms with Crippen molar-refractivity contribution >= 4 is 11.8 Å². The number of aryl methyl sites for hydroxylation is 1. The van der Waals surface area contributed by atoms with Gasteiger partial charge >= 0.3 is 12.1 Å². The largest absolute Gasteiger partial charge is 0.481 e. The molecule has 0 amide bonds. The maximum atomic E-state index is 12.6. The summed E-state index contributed by atoms with van der Waals surface area (Å²) in [6.45, 7) is 1.93. The molecule has 0 aliphatic carbocycles. The number of hydrogen-bond donors (Lipinski definition) is 1. The van der Waals surface area contributed by atoms with Gasteiger partial charge in [-0.05, 0) is 13.3 Å². The Kier molecular flexibility index (Phi) is 3.34. The Bertz CT molecular complexity index is 504. The van der Waals surface area contributed by atoms with E-state index in [1.165, 1.54) is 6.92 Å². The first kappa shape index (κ1) is 13.6. The van der Waals surface area contributed by atoms with E-state index in [4.69, 9.17) is 5.11 Å². The van der Waals surface area contributed by atoms with Gasteiger partial charge in [0.1, 0.15) is 17.3 Å². The van der Waals surface area contributed by atoms with Gasteiger partial charge in [0.2, 0.25) is 0 Å². The summed E-state index contributed by atoms with van der Waals surface area (Å²) < 4.78 is 37.9. The molecule has 0 radical (unpaired) electrons. The summed E-state index contributed by atoms with van der Waals surface area (Å²) in [5, 5.41) is 8.88. The van der Waals surface area contributed by atoms with Crippen molar-refractivity contribution in [2.75, 3.05) is 18.0 Å². The normalized spacial score (nSPS) is 19.8. The molecule has 1 N–H and O–H groups in total. The van der Waals surface area contributed by atoms with Crippen LogP contribution in [0.3, 0.4) is 0 Å². The second kappa shape index (κ2) is 4.67. The van der Waals surface area contributed by atoms with Crippen molar-refractivity contribution in [1.82, 2.24) is 9.97 Å². The fourth-order valence-electron chi connectivity index (χ4n) is 2.03. The van der Waals surface area contributed by atoms with E-state index in [-0.39, 0.29) is 18.2 Å². The van der Waals surface area contributed by atoms with Gasteiger partial charge < -0.3 is 10.0 Å². The molecule has 0 unspecified atom stereocenters. The monoisotopic (exact) mass is 275 g/mol. The van der Waals surface area contributed by atoms with Gasteiger partial charge in [0.15, 0.2) is 0 Å². The number of carboxylic acids is 1. The van der Waals surface area contributed by atoms with Gasteiger partial charge in [-0.2, -0.15) is 13.2 Å². The van der Waals surface area contributed by atoms with E-state index in [0.29, 0.717) is 13.0 Å². The van der Waals surface area contributed by atoms with Crippen LogP contribution in [0, 0.1) is 12.8 Å². The first-order valence-corrected chi connectivity index (χ1v) is 5.68. The van der Waals surface area contributed by atoms with Crippen molar-refractivity contribution in [3.63, 3.8) is 0 Å². The SMILES string of the molecule is Cc1nc(N2CC[C@H](C(=O)O)C2)cc(C(F)(F)F)n1. The summed E-state index contributed by atoms with van der Waals surface area (Å²) in [6, 6.07) is 0.858. The highest BCUT2D eigenvalue weighted by atomic mass is 19.4. The second-order valence-electron chi connectivity index (χ2n) is 4.43. The lowest BCUT2D eigenvalue weighted by atomic mass is 10.1. The highest BCUT2D eigenvalue weighted by Gasteiger charge is 2.35. The molecule has 5 nitrogen and oxygen atoms in total. The lowest BCUT2D eigenvalue weighted by molar-refractivity contribution is -0.142. The van der Waals surface area contributed by atoms with Crippen molar-refractivity contribution in [2.24, 2.45) is 5.92 Å². The van der Waals surface area contributed by atoms with Gasteiger partial charge in [-0.1, -0.05) is 0 Å². The first-order chi connectivity index (χ1) is 8.77. The number of carbonyl (C=O) groups is 1. The Morgan fingerprint density at radius 1 is 1.47 bits per heavy atom. The van der Waals surface area contributed by atoms with Gasteiger partial charge in [-0.3, -0.25) is 4.79 Å². The Morgan fingerprint density at radius 2 is 2.16 bits per heavy atom. The molecule has 0 aromatic carbocycles. The molecule has 104 valence electrons. The van der Waals surface area contributed by atoms with E-state index in [0.717, 1.165) is 6.07 Å². The van der Waals surface area contributed by atoms with Crippen molar-refractivity contribution in [3.05, 3.63) is 17.6 Å². The highest BCUT2D eigenvalue weighted by Crippen LogP contribution is 2.31. The van der Waals surface area contributed by atoms with Crippen molar-refractivity contribution in [1.29, 1.82) is 0 Å². The van der Waals surface area contributed by atoms with E-state index in [9.17, 15) is 18.0 Å². The van der Waals surface area contributed by atoms with E-state index < -0.39 is 23.8 Å². The Balaban J connectivity index is 2.26. The van der Waals surface area contributed by atoms with Crippen LogP contribution >= 0.6 is 0 Å². The molecule has 1 aromatic rings. The number of alkyl halides is 3. The number of rotatable bonds is 2. The van der Waals surface area contributed by atoms with Crippen molar-refractivity contribution in [2.45, 2.75) is 19.5 Å². The molecule has 1 aliphatic heterocycles. The molecular weight excluding hydrogens is 263 g/mol. The molecule has 0 saturated carbocycles. The number of carboxylic acid groups (broad SMARTS) is 1. The third-order valence-electron chi connectivity index (χ3n) is 2.98. The fraction of sp³-hybridized carbons (Fsp3) is 0.545. The lowest BCUT2D eigenvalue weighted by Gasteiger charge is -2.18. The smallest absolute Gasteiger partial charge is 0.433 e. The number of aromatic nitrogens is 2. The predicted molar refractivity (Wildman–Crippen MR) is 59.7 cm³/mol. The number of anilines is 1. The zero-order valence-electron chi connectivity index (χ0n) is 10.1. The third-order valence-corrected chi connectivity index (χ3v) is 2.98. The quantitative estimate of drug-likeness (QED) is 0.890. The molecule has 1 aliphatic rings. The predicted octanol–water partition coefficient (Wildman–Crippen LogP) is 1.71. The number of halogens is 3. The zero-order valence-corrected chi connectivity index (χ0v) is 10.1. The Morgan fingerprint density at radius 3 is 2.68 bits per heavy atom. The van der Waals surface area contributed by atoms with Gasteiger partial charge in [0.25, 0.3) is 0 Å². The number of nitrogens with zero attached hydrogens (tertiary/aromatic N) is 3. The molecule has 0 spiro atoms. The molecule has 1 aromatic heterocycles. The second-order valence-corrected chi connectivity index (χ2v) is 4.43. The van der Waals surface area contributed by atoms with Crippen LogP contribution in [-0.4, -0.2) is 34.1 Å². The number of aliphatic carboxylic acids is 1. The molecule has 2 rings (SSSR count). The van der Waals surface area contributed by atoms with Crippen molar-refractivity contribution in [3.8, 4) is 0 Å². The summed E-state index contributed by atoms with van der Waals surface area (Å²) in [5.41, 5.74) is -1.01. The summed E-state index contributed by atoms with van der Waals surface area (Å²) in [6.07, 6.45) is -4.13. The van der Waals surface area contributed by atoms with Gasteiger partial charge in [0.05, 0.1) is 5.92 Å². The highest BCUT2D eigenvalue weighted by molar-refractivity contribution is 5.71. The van der Waals surface area contributed by atoms with Crippen molar-refractivity contribution < 1.29 is 23.1 Å². The van der Waals surface area contributed by atoms with Gasteiger partial charge in [0, 0.05) is 19.2 Å². The minimum atomic E-state index is -4.53. The molecule has 1 saturated heterocycles. The van der Waals surface area contributed by atoms with Crippen LogP contribution < -0.4 is 4.90 Å². The standard InChI is InChI=1S/C11H12F3N3O2/c1-6-15-8(11(12,13)14)4-9(16-6)17-3-2-7(5-17)10(18)19/h4,7H,2-3,5H2,1H3,(H,18,19)/t7-/m0/s1. The van der Waals surface area contributed by atoms with Crippen LogP contribution in [0.2, 0.25) is 0 Å². The first-order valence-electron chi connectivity index (χ1n) is 5.68. The molecule has 1 atom stereocenters. The van der Waals surface area contributed by atoms with E-state index in [1.54, 1.807) is 4.90 Å². The van der Waals surface area contributed by atoms with Gasteiger partial charge in [-0.25, -0.2) is 9.97 Å². The molecule has 19 heavy (non-hydrogen) atoms. The fourth-order valence-corrected chi connectivity index (χ4v) is 2.03. The average molecular weight is 275 g/mol. The van der Waals surface area contributed by atoms with Crippen LogP contribution in [0.15, 0.2) is 6.07 Å². The summed E-state index contributed by atoms with van der Waals surface area (Å²) >= 11 is 0. The zero-order chi connectivity index (χ0) is 14.2. The summed E-state index contributed by atoms with van der Waals surface area (Å²) in [5.74, 6) is -1.36. The van der Waals surface area contributed by atoms with E-state index in [1.807, 2.05) is 0 Å².